The average Bonchev–Trinajstić information content (AvgIpc) is 2.99. The molecule has 2 bridgehead atoms. The Morgan fingerprint density at radius 3 is 2.05 bits per heavy atom. The molecular weight excluding hydrogens is 275 g/mol. The van der Waals surface area contributed by atoms with E-state index in [-0.39, 0.29) is 0 Å². The van der Waals surface area contributed by atoms with Crippen LogP contribution < -0.4 is 0 Å². The van der Waals surface area contributed by atoms with Gasteiger partial charge < -0.3 is 0 Å². The van der Waals surface area contributed by atoms with Crippen molar-refractivity contribution in [1.29, 1.82) is 0 Å². The number of hydrogen-bond acceptors (Lipinski definition) is 0. The Kier molecular flexibility index (Phi) is 3.84. The van der Waals surface area contributed by atoms with Crippen molar-refractivity contribution in [2.75, 3.05) is 0 Å². The Morgan fingerprint density at radius 1 is 0.947 bits per heavy atom. The quantitative estimate of drug-likeness (QED) is 0.641. The largest absolute Gasteiger partial charge is 0.122 e. The van der Waals surface area contributed by atoms with E-state index in [0.29, 0.717) is 11.8 Å². The van der Waals surface area contributed by atoms with Crippen LogP contribution in [0.4, 0.5) is 0 Å². The molecule has 0 heterocycles. The molecule has 2 aliphatic rings. The van der Waals surface area contributed by atoms with Crippen molar-refractivity contribution in [3.63, 3.8) is 0 Å². The molecule has 0 saturated heterocycles. The minimum Gasteiger partial charge on any atom is -0.122 e. The van der Waals surface area contributed by atoms with E-state index < -0.39 is 0 Å². The normalized spacial score (nSPS) is 36.9. The van der Waals surface area contributed by atoms with Gasteiger partial charge in [0.1, 0.15) is 0 Å². The molecule has 2 aliphatic carbocycles. The zero-order chi connectivity index (χ0) is 13.6. The van der Waals surface area contributed by atoms with Gasteiger partial charge in [-0.3, -0.25) is 0 Å². The van der Waals surface area contributed by atoms with Crippen molar-refractivity contribution in [3.05, 3.63) is 34.9 Å². The summed E-state index contributed by atoms with van der Waals surface area (Å²) >= 11 is 12.0. The molecule has 0 amide bonds. The maximum Gasteiger partial charge on any atom is 0.0474 e. The van der Waals surface area contributed by atoms with Gasteiger partial charge in [0.05, 0.1) is 0 Å². The maximum absolute atomic E-state index is 6.02. The van der Waals surface area contributed by atoms with Crippen LogP contribution in [0.5, 0.6) is 0 Å². The zero-order valence-corrected chi connectivity index (χ0v) is 13.2. The molecule has 0 N–H and O–H groups in total. The molecule has 2 saturated carbocycles. The molecule has 19 heavy (non-hydrogen) atoms. The second-order valence-electron chi connectivity index (χ2n) is 6.57. The Balaban J connectivity index is 1.91. The third kappa shape index (κ3) is 2.32. The average molecular weight is 297 g/mol. The minimum atomic E-state index is 0.588. The first kappa shape index (κ1) is 13.8. The van der Waals surface area contributed by atoms with Gasteiger partial charge in [-0.15, -0.1) is 23.2 Å². The van der Waals surface area contributed by atoms with Gasteiger partial charge in [-0.05, 0) is 59.1 Å². The predicted molar refractivity (Wildman–Crippen MR) is 82.8 cm³/mol. The zero-order valence-electron chi connectivity index (χ0n) is 11.7. The second-order valence-corrected chi connectivity index (χ2v) is 7.10. The molecule has 0 aromatic heterocycles. The number of benzene rings is 1. The van der Waals surface area contributed by atoms with Gasteiger partial charge in [0.25, 0.3) is 0 Å². The van der Waals surface area contributed by atoms with Gasteiger partial charge >= 0.3 is 0 Å². The lowest BCUT2D eigenvalue weighted by molar-refractivity contribution is 0.232. The van der Waals surface area contributed by atoms with Crippen LogP contribution in [0.15, 0.2) is 18.2 Å². The van der Waals surface area contributed by atoms with E-state index in [1.165, 1.54) is 29.5 Å². The third-order valence-electron chi connectivity index (χ3n) is 5.71. The standard InChI is InChI=1S/C17H22Cl2/c1-10-11(2)16-6-14(10)7-17(16)15-4-12(8-18)3-13(5-15)9-19/h3-5,10-11,14,16-17H,6-9H2,1-2H3/t10?,11?,14-,16+,17+/m0/s1. The smallest absolute Gasteiger partial charge is 0.0474 e. The molecule has 1 aromatic carbocycles. The van der Waals surface area contributed by atoms with E-state index in [9.17, 15) is 0 Å². The second kappa shape index (κ2) is 5.30. The summed E-state index contributed by atoms with van der Waals surface area (Å²) in [5.41, 5.74) is 3.93. The fraction of sp³-hybridized carbons (Fsp3) is 0.647. The number of alkyl halides is 2. The fourth-order valence-corrected chi connectivity index (χ4v) is 4.79. The van der Waals surface area contributed by atoms with Crippen LogP contribution in [0.2, 0.25) is 0 Å². The molecule has 1 aromatic rings. The molecule has 5 atom stereocenters. The van der Waals surface area contributed by atoms with Crippen LogP contribution >= 0.6 is 23.2 Å². The minimum absolute atomic E-state index is 0.588. The number of fused-ring (bicyclic) bond motifs is 2. The van der Waals surface area contributed by atoms with Crippen molar-refractivity contribution >= 4 is 23.2 Å². The van der Waals surface area contributed by atoms with Crippen molar-refractivity contribution in [2.45, 2.75) is 44.4 Å². The summed E-state index contributed by atoms with van der Waals surface area (Å²) in [5.74, 6) is 5.49. The van der Waals surface area contributed by atoms with Crippen LogP contribution in [0.3, 0.4) is 0 Å². The SMILES string of the molecule is CC1C(C)[C@H]2C[C@H]1C[C@@H]2c1cc(CCl)cc(CCl)c1. The van der Waals surface area contributed by atoms with E-state index >= 15 is 0 Å². The summed E-state index contributed by atoms with van der Waals surface area (Å²) in [4.78, 5) is 0. The Morgan fingerprint density at radius 2 is 1.58 bits per heavy atom. The molecule has 104 valence electrons. The molecule has 0 nitrogen and oxygen atoms in total. The summed E-state index contributed by atoms with van der Waals surface area (Å²) in [7, 11) is 0. The third-order valence-corrected chi connectivity index (χ3v) is 6.33. The summed E-state index contributed by atoms with van der Waals surface area (Å²) in [6, 6.07) is 6.76. The van der Waals surface area contributed by atoms with Crippen molar-refractivity contribution in [3.8, 4) is 0 Å². The van der Waals surface area contributed by atoms with E-state index in [2.05, 4.69) is 32.0 Å². The van der Waals surface area contributed by atoms with Crippen molar-refractivity contribution in [2.24, 2.45) is 23.7 Å². The lowest BCUT2D eigenvalue weighted by Gasteiger charge is -2.32. The van der Waals surface area contributed by atoms with E-state index in [0.717, 1.165) is 29.6 Å². The molecule has 2 heteroatoms. The first-order valence-electron chi connectivity index (χ1n) is 7.38. The number of rotatable bonds is 3. The summed E-state index contributed by atoms with van der Waals surface area (Å²) in [5, 5.41) is 0. The number of hydrogen-bond donors (Lipinski definition) is 0. The van der Waals surface area contributed by atoms with Crippen molar-refractivity contribution < 1.29 is 0 Å². The molecule has 2 unspecified atom stereocenters. The molecule has 2 fully saturated rings. The maximum atomic E-state index is 6.02. The molecular formula is C17H22Cl2. The monoisotopic (exact) mass is 296 g/mol. The van der Waals surface area contributed by atoms with Gasteiger partial charge in [-0.2, -0.15) is 0 Å². The van der Waals surface area contributed by atoms with Crippen molar-refractivity contribution in [1.82, 2.24) is 0 Å². The summed E-state index contributed by atoms with van der Waals surface area (Å²) in [6.45, 7) is 4.88. The van der Waals surface area contributed by atoms with Gasteiger partial charge in [0.15, 0.2) is 0 Å². The Bertz CT molecular complexity index is 444. The van der Waals surface area contributed by atoms with Crippen LogP contribution in [0, 0.1) is 23.7 Å². The number of halogens is 2. The summed E-state index contributed by atoms with van der Waals surface area (Å²) < 4.78 is 0. The lowest BCUT2D eigenvalue weighted by atomic mass is 9.73. The highest BCUT2D eigenvalue weighted by Gasteiger charge is 2.48. The van der Waals surface area contributed by atoms with Crippen LogP contribution in [-0.4, -0.2) is 0 Å². The highest BCUT2D eigenvalue weighted by molar-refractivity contribution is 6.17. The van der Waals surface area contributed by atoms with Gasteiger partial charge in [-0.1, -0.05) is 32.0 Å². The Labute approximate surface area is 126 Å². The molecule has 0 spiro atoms. The van der Waals surface area contributed by atoms with E-state index in [4.69, 9.17) is 23.2 Å². The summed E-state index contributed by atoms with van der Waals surface area (Å²) in [6.07, 6.45) is 2.79. The first-order valence-corrected chi connectivity index (χ1v) is 8.45. The van der Waals surface area contributed by atoms with Crippen LogP contribution in [0.1, 0.15) is 49.3 Å². The highest BCUT2D eigenvalue weighted by atomic mass is 35.5. The highest BCUT2D eigenvalue weighted by Crippen LogP contribution is 2.58. The van der Waals surface area contributed by atoms with Gasteiger partial charge in [0.2, 0.25) is 0 Å². The van der Waals surface area contributed by atoms with E-state index in [1.807, 2.05) is 0 Å². The fourth-order valence-electron chi connectivity index (χ4n) is 4.48. The topological polar surface area (TPSA) is 0 Å². The molecule has 0 radical (unpaired) electrons. The molecule has 3 rings (SSSR count). The van der Waals surface area contributed by atoms with Gasteiger partial charge in [0, 0.05) is 11.8 Å². The molecule has 0 aliphatic heterocycles. The lowest BCUT2D eigenvalue weighted by Crippen LogP contribution is -2.23. The van der Waals surface area contributed by atoms with Gasteiger partial charge in [-0.25, -0.2) is 0 Å². The Hall–Kier alpha value is -0.200. The predicted octanol–water partition coefficient (Wildman–Crippen LogP) is 5.56. The first-order chi connectivity index (χ1) is 9.13. The van der Waals surface area contributed by atoms with Crippen LogP contribution in [-0.2, 0) is 11.8 Å². The van der Waals surface area contributed by atoms with Crippen LogP contribution in [0.25, 0.3) is 0 Å². The van der Waals surface area contributed by atoms with E-state index in [1.54, 1.807) is 0 Å².